The Morgan fingerprint density at radius 3 is 2.73 bits per heavy atom. The zero-order chi connectivity index (χ0) is 11.3. The molecular formula is C11H14O4. The first kappa shape index (κ1) is 11.5. The Labute approximate surface area is 88.4 Å². The highest BCUT2D eigenvalue weighted by molar-refractivity contribution is 5.67. The van der Waals surface area contributed by atoms with Crippen LogP contribution in [0.15, 0.2) is 24.3 Å². The molecule has 1 atom stereocenters. The summed E-state index contributed by atoms with van der Waals surface area (Å²) < 4.78 is 10.2. The second-order valence-corrected chi connectivity index (χ2v) is 3.10. The number of carboxylic acids is 1. The van der Waals surface area contributed by atoms with Gasteiger partial charge in [0.2, 0.25) is 0 Å². The summed E-state index contributed by atoms with van der Waals surface area (Å²) in [4.78, 5) is 10.6. The Bertz CT molecular complexity index is 335. The molecular weight excluding hydrogens is 196 g/mol. The lowest BCUT2D eigenvalue weighted by molar-refractivity contribution is -0.139. The highest BCUT2D eigenvalue weighted by Crippen LogP contribution is 2.23. The zero-order valence-electron chi connectivity index (χ0n) is 8.77. The van der Waals surface area contributed by atoms with E-state index in [1.807, 2.05) is 12.1 Å². The number of methoxy groups -OCH3 is 2. The normalized spacial score (nSPS) is 12.1. The number of carboxylic acid groups (broad SMARTS) is 1. The molecule has 15 heavy (non-hydrogen) atoms. The smallest absolute Gasteiger partial charge is 0.306 e. The highest BCUT2D eigenvalue weighted by Gasteiger charge is 2.14. The number of rotatable bonds is 5. The van der Waals surface area contributed by atoms with Crippen molar-refractivity contribution in [2.24, 2.45) is 0 Å². The molecule has 0 amide bonds. The summed E-state index contributed by atoms with van der Waals surface area (Å²) in [6.45, 7) is 0. The number of hydrogen-bond acceptors (Lipinski definition) is 3. The molecule has 1 rings (SSSR count). The summed E-state index contributed by atoms with van der Waals surface area (Å²) in [6.07, 6.45) is -0.485. The maximum Gasteiger partial charge on any atom is 0.306 e. The minimum Gasteiger partial charge on any atom is -0.497 e. The van der Waals surface area contributed by atoms with Gasteiger partial charge in [-0.05, 0) is 17.7 Å². The average molecular weight is 210 g/mol. The average Bonchev–Trinajstić information content (AvgIpc) is 2.25. The summed E-state index contributed by atoms with van der Waals surface area (Å²) in [6, 6.07) is 7.20. The lowest BCUT2D eigenvalue weighted by atomic mass is 10.1. The van der Waals surface area contributed by atoms with E-state index in [0.717, 1.165) is 5.56 Å². The van der Waals surface area contributed by atoms with Crippen LogP contribution in [0.25, 0.3) is 0 Å². The van der Waals surface area contributed by atoms with Crippen LogP contribution in [0.2, 0.25) is 0 Å². The van der Waals surface area contributed by atoms with E-state index < -0.39 is 12.1 Å². The van der Waals surface area contributed by atoms with Crippen molar-refractivity contribution in [3.63, 3.8) is 0 Å². The summed E-state index contributed by atoms with van der Waals surface area (Å²) in [7, 11) is 3.06. The van der Waals surface area contributed by atoms with Gasteiger partial charge in [-0.2, -0.15) is 0 Å². The van der Waals surface area contributed by atoms with Crippen molar-refractivity contribution in [3.05, 3.63) is 29.8 Å². The first-order chi connectivity index (χ1) is 7.17. The van der Waals surface area contributed by atoms with Gasteiger partial charge >= 0.3 is 5.97 Å². The van der Waals surface area contributed by atoms with Gasteiger partial charge in [0, 0.05) is 7.11 Å². The van der Waals surface area contributed by atoms with Crippen molar-refractivity contribution < 1.29 is 19.4 Å². The van der Waals surface area contributed by atoms with Gasteiger partial charge in [0.05, 0.1) is 19.6 Å². The first-order valence-electron chi connectivity index (χ1n) is 4.56. The molecule has 0 aliphatic rings. The van der Waals surface area contributed by atoms with E-state index in [4.69, 9.17) is 14.6 Å². The van der Waals surface area contributed by atoms with Crippen LogP contribution in [0, 0.1) is 0 Å². The van der Waals surface area contributed by atoms with Gasteiger partial charge in [-0.15, -0.1) is 0 Å². The van der Waals surface area contributed by atoms with Crippen LogP contribution in [0.4, 0.5) is 0 Å². The molecule has 1 aromatic rings. The van der Waals surface area contributed by atoms with Gasteiger partial charge in [-0.1, -0.05) is 12.1 Å². The maximum atomic E-state index is 10.6. The van der Waals surface area contributed by atoms with Gasteiger partial charge in [0.15, 0.2) is 0 Å². The lowest BCUT2D eigenvalue weighted by Gasteiger charge is -2.14. The highest BCUT2D eigenvalue weighted by atomic mass is 16.5. The number of carbonyl (C=O) groups is 1. The molecule has 0 saturated carbocycles. The Morgan fingerprint density at radius 2 is 2.20 bits per heavy atom. The zero-order valence-corrected chi connectivity index (χ0v) is 8.77. The monoisotopic (exact) mass is 210 g/mol. The van der Waals surface area contributed by atoms with Gasteiger partial charge in [0.25, 0.3) is 0 Å². The number of ether oxygens (including phenoxy) is 2. The first-order valence-corrected chi connectivity index (χ1v) is 4.56. The van der Waals surface area contributed by atoms with Gasteiger partial charge in [-0.3, -0.25) is 4.79 Å². The van der Waals surface area contributed by atoms with Crippen LogP contribution in [-0.2, 0) is 9.53 Å². The molecule has 0 radical (unpaired) electrons. The minimum atomic E-state index is -0.885. The van der Waals surface area contributed by atoms with E-state index in [9.17, 15) is 4.79 Å². The summed E-state index contributed by atoms with van der Waals surface area (Å²) in [5.41, 5.74) is 0.805. The molecule has 0 aliphatic heterocycles. The number of aliphatic carboxylic acids is 1. The van der Waals surface area contributed by atoms with E-state index >= 15 is 0 Å². The topological polar surface area (TPSA) is 55.8 Å². The van der Waals surface area contributed by atoms with Crippen molar-refractivity contribution >= 4 is 5.97 Å². The predicted octanol–water partition coefficient (Wildman–Crippen LogP) is 1.86. The summed E-state index contributed by atoms with van der Waals surface area (Å²) >= 11 is 0. The SMILES string of the molecule is COc1cccc(C(CC(=O)O)OC)c1. The van der Waals surface area contributed by atoms with E-state index in [0.29, 0.717) is 5.75 Å². The fraction of sp³-hybridized carbons (Fsp3) is 0.364. The molecule has 0 aliphatic carbocycles. The van der Waals surface area contributed by atoms with Crippen molar-refractivity contribution in [2.75, 3.05) is 14.2 Å². The Balaban J connectivity index is 2.85. The molecule has 4 nitrogen and oxygen atoms in total. The lowest BCUT2D eigenvalue weighted by Crippen LogP contribution is -2.08. The van der Waals surface area contributed by atoms with Crippen LogP contribution in [0.1, 0.15) is 18.1 Å². The van der Waals surface area contributed by atoms with E-state index in [1.165, 1.54) is 7.11 Å². The van der Waals surface area contributed by atoms with Gasteiger partial charge in [0.1, 0.15) is 5.75 Å². The standard InChI is InChI=1S/C11H14O4/c1-14-9-5-3-4-8(6-9)10(15-2)7-11(12)13/h3-6,10H,7H2,1-2H3,(H,12,13). The van der Waals surface area contributed by atoms with Crippen molar-refractivity contribution in [3.8, 4) is 5.75 Å². The Kier molecular flexibility index (Phi) is 4.12. The molecule has 4 heteroatoms. The molecule has 1 unspecified atom stereocenters. The third-order valence-corrected chi connectivity index (χ3v) is 2.11. The van der Waals surface area contributed by atoms with Gasteiger partial charge in [-0.25, -0.2) is 0 Å². The fourth-order valence-electron chi connectivity index (χ4n) is 1.34. The van der Waals surface area contributed by atoms with Crippen molar-refractivity contribution in [1.29, 1.82) is 0 Å². The van der Waals surface area contributed by atoms with E-state index in [1.54, 1.807) is 19.2 Å². The summed E-state index contributed by atoms with van der Waals surface area (Å²) in [5.74, 6) is -0.190. The maximum absolute atomic E-state index is 10.6. The van der Waals surface area contributed by atoms with Crippen LogP contribution in [-0.4, -0.2) is 25.3 Å². The third-order valence-electron chi connectivity index (χ3n) is 2.11. The number of benzene rings is 1. The van der Waals surface area contributed by atoms with Crippen LogP contribution in [0.5, 0.6) is 5.75 Å². The molecule has 0 heterocycles. The largest absolute Gasteiger partial charge is 0.497 e. The molecule has 0 bridgehead atoms. The van der Waals surface area contributed by atoms with Crippen LogP contribution < -0.4 is 4.74 Å². The van der Waals surface area contributed by atoms with Crippen molar-refractivity contribution in [1.82, 2.24) is 0 Å². The van der Waals surface area contributed by atoms with E-state index in [-0.39, 0.29) is 6.42 Å². The van der Waals surface area contributed by atoms with Crippen LogP contribution in [0.3, 0.4) is 0 Å². The molecule has 0 spiro atoms. The molecule has 1 N–H and O–H groups in total. The quantitative estimate of drug-likeness (QED) is 0.805. The Hall–Kier alpha value is -1.55. The molecule has 82 valence electrons. The number of hydrogen-bond donors (Lipinski definition) is 1. The molecule has 0 saturated heterocycles. The fourth-order valence-corrected chi connectivity index (χ4v) is 1.34. The summed E-state index contributed by atoms with van der Waals surface area (Å²) in [5, 5.41) is 8.69. The molecule has 1 aromatic carbocycles. The Morgan fingerprint density at radius 1 is 1.47 bits per heavy atom. The van der Waals surface area contributed by atoms with Gasteiger partial charge < -0.3 is 14.6 Å². The molecule has 0 aromatic heterocycles. The van der Waals surface area contributed by atoms with Crippen LogP contribution >= 0.6 is 0 Å². The second-order valence-electron chi connectivity index (χ2n) is 3.10. The van der Waals surface area contributed by atoms with Crippen molar-refractivity contribution in [2.45, 2.75) is 12.5 Å². The third kappa shape index (κ3) is 3.25. The molecule has 0 fully saturated rings. The van der Waals surface area contributed by atoms with E-state index in [2.05, 4.69) is 0 Å². The second kappa shape index (κ2) is 5.36. The predicted molar refractivity (Wildman–Crippen MR) is 55.0 cm³/mol. The minimum absolute atomic E-state index is 0.0519.